The number of hydrogen-bond acceptors (Lipinski definition) is 4. The minimum atomic E-state index is -0.267. The molecule has 0 radical (unpaired) electrons. The van der Waals surface area contributed by atoms with Crippen LogP contribution in [0.1, 0.15) is 21.5 Å². The summed E-state index contributed by atoms with van der Waals surface area (Å²) in [6.07, 6.45) is 1.55. The Bertz CT molecular complexity index is 630. The van der Waals surface area contributed by atoms with Gasteiger partial charge in [-0.25, -0.2) is 4.98 Å². The molecule has 1 aromatic carbocycles. The molecule has 1 aromatic heterocycles. The van der Waals surface area contributed by atoms with Crippen LogP contribution in [0.5, 0.6) is 5.88 Å². The van der Waals surface area contributed by atoms with Gasteiger partial charge < -0.3 is 4.74 Å². The Morgan fingerprint density at radius 3 is 2.67 bits per heavy atom. The first-order valence-electron chi connectivity index (χ1n) is 5.30. The molecule has 18 heavy (non-hydrogen) atoms. The topological polar surface area (TPSA) is 63.0 Å². The Balaban J connectivity index is 2.52. The van der Waals surface area contributed by atoms with Crippen LogP contribution in [0, 0.1) is 11.3 Å². The van der Waals surface area contributed by atoms with E-state index in [4.69, 9.17) is 10.00 Å². The van der Waals surface area contributed by atoms with E-state index in [1.54, 1.807) is 42.6 Å². The average molecular weight is 238 g/mol. The van der Waals surface area contributed by atoms with Gasteiger partial charge in [-0.2, -0.15) is 5.26 Å². The van der Waals surface area contributed by atoms with E-state index in [1.807, 2.05) is 6.07 Å². The fraction of sp³-hybridized carbons (Fsp3) is 0.0714. The summed E-state index contributed by atoms with van der Waals surface area (Å²) in [4.78, 5) is 16.3. The van der Waals surface area contributed by atoms with Gasteiger partial charge in [0.1, 0.15) is 0 Å². The molecule has 0 aliphatic heterocycles. The van der Waals surface area contributed by atoms with Crippen LogP contribution in [0.3, 0.4) is 0 Å². The summed E-state index contributed by atoms with van der Waals surface area (Å²) in [6.45, 7) is 0. The first-order chi connectivity index (χ1) is 8.77. The van der Waals surface area contributed by atoms with E-state index >= 15 is 0 Å². The van der Waals surface area contributed by atoms with Gasteiger partial charge in [-0.05, 0) is 24.3 Å². The Morgan fingerprint density at radius 1 is 1.22 bits per heavy atom. The van der Waals surface area contributed by atoms with Crippen LogP contribution >= 0.6 is 0 Å². The number of rotatable bonds is 3. The molecule has 4 heteroatoms. The average Bonchev–Trinajstić information content (AvgIpc) is 2.46. The number of aromatic nitrogens is 1. The van der Waals surface area contributed by atoms with Crippen molar-refractivity contribution in [2.45, 2.75) is 0 Å². The maximum absolute atomic E-state index is 12.3. The van der Waals surface area contributed by atoms with Crippen LogP contribution in [-0.2, 0) is 0 Å². The van der Waals surface area contributed by atoms with Crippen molar-refractivity contribution < 1.29 is 9.53 Å². The van der Waals surface area contributed by atoms with Crippen molar-refractivity contribution in [2.75, 3.05) is 7.11 Å². The van der Waals surface area contributed by atoms with Crippen molar-refractivity contribution in [1.29, 1.82) is 5.26 Å². The van der Waals surface area contributed by atoms with Gasteiger partial charge >= 0.3 is 0 Å². The van der Waals surface area contributed by atoms with E-state index in [0.717, 1.165) is 0 Å². The van der Waals surface area contributed by atoms with Gasteiger partial charge in [0.05, 0.1) is 24.3 Å². The normalized spacial score (nSPS) is 9.56. The molecule has 0 atom stereocenters. The molecule has 88 valence electrons. The fourth-order valence-electron chi connectivity index (χ4n) is 1.65. The maximum Gasteiger partial charge on any atom is 0.224 e. The standard InChI is InChI=1S/C14H10N2O2/c1-18-14-12(7-4-8-16-14)13(17)11-6-3-2-5-10(11)9-15/h2-8H,1H3. The number of carbonyl (C=O) groups is 1. The van der Waals surface area contributed by atoms with E-state index in [0.29, 0.717) is 16.7 Å². The zero-order valence-electron chi connectivity index (χ0n) is 9.75. The summed E-state index contributed by atoms with van der Waals surface area (Å²) in [5.74, 6) is -0.00709. The van der Waals surface area contributed by atoms with Gasteiger partial charge in [-0.3, -0.25) is 4.79 Å². The first kappa shape index (κ1) is 11.8. The number of hydrogen-bond donors (Lipinski definition) is 0. The van der Waals surface area contributed by atoms with Crippen molar-refractivity contribution in [2.24, 2.45) is 0 Å². The molecule has 0 N–H and O–H groups in total. The van der Waals surface area contributed by atoms with E-state index in [1.165, 1.54) is 7.11 Å². The molecule has 4 nitrogen and oxygen atoms in total. The van der Waals surface area contributed by atoms with Crippen molar-refractivity contribution in [3.05, 3.63) is 59.3 Å². The Hall–Kier alpha value is -2.67. The third kappa shape index (κ3) is 2.06. The van der Waals surface area contributed by atoms with Gasteiger partial charge in [0.15, 0.2) is 5.78 Å². The lowest BCUT2D eigenvalue weighted by atomic mass is 10.00. The molecule has 0 spiro atoms. The molecule has 0 unspecified atom stereocenters. The number of nitriles is 1. The molecule has 0 saturated heterocycles. The predicted octanol–water partition coefficient (Wildman–Crippen LogP) is 2.19. The second-order valence-corrected chi connectivity index (χ2v) is 3.55. The number of methoxy groups -OCH3 is 1. The second-order valence-electron chi connectivity index (χ2n) is 3.55. The number of pyridine rings is 1. The van der Waals surface area contributed by atoms with Crippen LogP contribution in [0.4, 0.5) is 0 Å². The second kappa shape index (κ2) is 5.11. The predicted molar refractivity (Wildman–Crippen MR) is 65.4 cm³/mol. The molecule has 0 bridgehead atoms. The van der Waals surface area contributed by atoms with E-state index in [-0.39, 0.29) is 11.7 Å². The molecular weight excluding hydrogens is 228 g/mol. The van der Waals surface area contributed by atoms with Gasteiger partial charge in [0, 0.05) is 11.8 Å². The molecular formula is C14H10N2O2. The molecule has 0 fully saturated rings. The molecule has 2 rings (SSSR count). The summed E-state index contributed by atoms with van der Waals surface area (Å²) in [6, 6.07) is 11.9. The third-order valence-electron chi connectivity index (χ3n) is 2.50. The molecule has 2 aromatic rings. The minimum absolute atomic E-state index is 0.259. The summed E-state index contributed by atoms with van der Waals surface area (Å²) < 4.78 is 5.05. The highest BCUT2D eigenvalue weighted by molar-refractivity contribution is 6.11. The van der Waals surface area contributed by atoms with Crippen molar-refractivity contribution >= 4 is 5.78 Å². The van der Waals surface area contributed by atoms with Crippen LogP contribution in [0.25, 0.3) is 0 Å². The molecule has 0 saturated carbocycles. The number of ketones is 1. The van der Waals surface area contributed by atoms with E-state index in [2.05, 4.69) is 4.98 Å². The zero-order chi connectivity index (χ0) is 13.0. The first-order valence-corrected chi connectivity index (χ1v) is 5.30. The highest BCUT2D eigenvalue weighted by atomic mass is 16.5. The lowest BCUT2D eigenvalue weighted by molar-refractivity contribution is 0.103. The maximum atomic E-state index is 12.3. The third-order valence-corrected chi connectivity index (χ3v) is 2.50. The van der Waals surface area contributed by atoms with Gasteiger partial charge in [-0.1, -0.05) is 12.1 Å². The number of ether oxygens (including phenoxy) is 1. The highest BCUT2D eigenvalue weighted by Crippen LogP contribution is 2.20. The Labute approximate surface area is 104 Å². The number of benzene rings is 1. The molecule has 0 aliphatic carbocycles. The highest BCUT2D eigenvalue weighted by Gasteiger charge is 2.17. The molecule has 0 aliphatic rings. The van der Waals surface area contributed by atoms with Crippen LogP contribution in [-0.4, -0.2) is 17.9 Å². The van der Waals surface area contributed by atoms with Gasteiger partial charge in [-0.15, -0.1) is 0 Å². The minimum Gasteiger partial charge on any atom is -0.480 e. The summed E-state index contributed by atoms with van der Waals surface area (Å²) in [5.41, 5.74) is 1.04. The quantitative estimate of drug-likeness (QED) is 0.769. The Kier molecular flexibility index (Phi) is 3.35. The van der Waals surface area contributed by atoms with Crippen molar-refractivity contribution in [3.8, 4) is 11.9 Å². The largest absolute Gasteiger partial charge is 0.480 e. The van der Waals surface area contributed by atoms with Gasteiger partial charge in [0.2, 0.25) is 5.88 Å². The van der Waals surface area contributed by atoms with E-state index < -0.39 is 0 Å². The van der Waals surface area contributed by atoms with Crippen LogP contribution in [0.2, 0.25) is 0 Å². The number of nitrogens with zero attached hydrogens (tertiary/aromatic N) is 2. The Morgan fingerprint density at radius 2 is 1.94 bits per heavy atom. The van der Waals surface area contributed by atoms with Crippen molar-refractivity contribution in [3.63, 3.8) is 0 Å². The summed E-state index contributed by atoms with van der Waals surface area (Å²) >= 11 is 0. The summed E-state index contributed by atoms with van der Waals surface area (Å²) in [7, 11) is 1.45. The smallest absolute Gasteiger partial charge is 0.224 e. The van der Waals surface area contributed by atoms with E-state index in [9.17, 15) is 4.79 Å². The van der Waals surface area contributed by atoms with Crippen LogP contribution < -0.4 is 4.74 Å². The number of carbonyl (C=O) groups excluding carboxylic acids is 1. The van der Waals surface area contributed by atoms with Crippen LogP contribution in [0.15, 0.2) is 42.6 Å². The lowest BCUT2D eigenvalue weighted by Gasteiger charge is -2.06. The summed E-state index contributed by atoms with van der Waals surface area (Å²) in [5, 5.41) is 8.99. The monoisotopic (exact) mass is 238 g/mol. The zero-order valence-corrected chi connectivity index (χ0v) is 9.75. The van der Waals surface area contributed by atoms with Gasteiger partial charge in [0.25, 0.3) is 0 Å². The lowest BCUT2D eigenvalue weighted by Crippen LogP contribution is -2.06. The SMILES string of the molecule is COc1ncccc1C(=O)c1ccccc1C#N. The molecule has 1 heterocycles. The molecule has 0 amide bonds. The van der Waals surface area contributed by atoms with Crippen molar-refractivity contribution in [1.82, 2.24) is 4.98 Å². The fourth-order valence-corrected chi connectivity index (χ4v) is 1.65.